The van der Waals surface area contributed by atoms with Crippen molar-refractivity contribution in [2.75, 3.05) is 48.4 Å². The third kappa shape index (κ3) is 6.76. The zero-order valence-electron chi connectivity index (χ0n) is 23.6. The van der Waals surface area contributed by atoms with Gasteiger partial charge in [-0.15, -0.1) is 0 Å². The van der Waals surface area contributed by atoms with Gasteiger partial charge in [0, 0.05) is 49.2 Å². The maximum Gasteiger partial charge on any atom is 0.255 e. The molecule has 0 spiro atoms. The Labute approximate surface area is 237 Å². The molecule has 2 N–H and O–H groups in total. The van der Waals surface area contributed by atoms with Gasteiger partial charge in [-0.3, -0.25) is 9.59 Å². The number of hydrogen-bond donors (Lipinski definition) is 2. The van der Waals surface area contributed by atoms with E-state index in [0.29, 0.717) is 16.8 Å². The first-order valence-corrected chi connectivity index (χ1v) is 14.5. The van der Waals surface area contributed by atoms with Gasteiger partial charge in [-0.1, -0.05) is 44.0 Å². The number of anilines is 3. The molecule has 2 amide bonds. The first-order valence-electron chi connectivity index (χ1n) is 14.5. The first-order chi connectivity index (χ1) is 19.6. The van der Waals surface area contributed by atoms with E-state index in [9.17, 15) is 9.59 Å². The van der Waals surface area contributed by atoms with Crippen molar-refractivity contribution in [1.29, 1.82) is 0 Å². The number of piperazine rings is 1. The second-order valence-electron chi connectivity index (χ2n) is 10.7. The maximum absolute atomic E-state index is 13.3. The van der Waals surface area contributed by atoms with E-state index in [1.54, 1.807) is 7.11 Å². The van der Waals surface area contributed by atoms with Crippen molar-refractivity contribution in [3.63, 3.8) is 0 Å². The molecular weight excluding hydrogens is 500 g/mol. The third-order valence-corrected chi connectivity index (χ3v) is 7.74. The van der Waals surface area contributed by atoms with Gasteiger partial charge in [-0.05, 0) is 73.7 Å². The quantitative estimate of drug-likeness (QED) is 0.296. The molecule has 2 fully saturated rings. The molecule has 7 heteroatoms. The number of nitrogens with one attached hydrogen (secondary N) is 2. The topological polar surface area (TPSA) is 73.9 Å². The highest BCUT2D eigenvalue weighted by molar-refractivity contribution is 6.06. The fraction of sp³-hybridized carbons (Fsp3) is 0.394. The normalized spacial score (nSPS) is 15.1. The number of rotatable bonds is 11. The Morgan fingerprint density at radius 2 is 1.55 bits per heavy atom. The minimum absolute atomic E-state index is 0.0859. The molecule has 0 unspecified atom stereocenters. The number of amides is 2. The van der Waals surface area contributed by atoms with E-state index < -0.39 is 0 Å². The largest absolute Gasteiger partial charge is 0.495 e. The summed E-state index contributed by atoms with van der Waals surface area (Å²) in [6.07, 6.45) is 6.64. The van der Waals surface area contributed by atoms with Gasteiger partial charge >= 0.3 is 0 Å². The lowest BCUT2D eigenvalue weighted by atomic mass is 10.0. The molecule has 40 heavy (non-hydrogen) atoms. The van der Waals surface area contributed by atoms with Crippen LogP contribution in [0.2, 0.25) is 0 Å². The van der Waals surface area contributed by atoms with Gasteiger partial charge in [-0.25, -0.2) is 0 Å². The lowest BCUT2D eigenvalue weighted by Gasteiger charge is -2.38. The Bertz CT molecular complexity index is 1310. The van der Waals surface area contributed by atoms with E-state index in [0.717, 1.165) is 69.0 Å². The Morgan fingerprint density at radius 1 is 0.850 bits per heavy atom. The summed E-state index contributed by atoms with van der Waals surface area (Å²) < 4.78 is 5.56. The van der Waals surface area contributed by atoms with Gasteiger partial charge in [0.05, 0.1) is 18.4 Å². The number of carbonyl (C=O) groups is 2. The van der Waals surface area contributed by atoms with Crippen LogP contribution >= 0.6 is 0 Å². The molecule has 3 aromatic carbocycles. The first kappa shape index (κ1) is 27.6. The van der Waals surface area contributed by atoms with Gasteiger partial charge in [0.1, 0.15) is 5.75 Å². The average Bonchev–Trinajstić information content (AvgIpc) is 3.81. The fourth-order valence-electron chi connectivity index (χ4n) is 5.25. The summed E-state index contributed by atoms with van der Waals surface area (Å²) in [4.78, 5) is 30.9. The van der Waals surface area contributed by atoms with E-state index in [1.165, 1.54) is 18.4 Å². The van der Waals surface area contributed by atoms with E-state index in [4.69, 9.17) is 4.74 Å². The number of aryl methyl sites for hydroxylation is 1. The molecule has 0 aromatic heterocycles. The molecule has 1 aliphatic heterocycles. The highest BCUT2D eigenvalue weighted by Gasteiger charge is 2.28. The van der Waals surface area contributed by atoms with Crippen molar-refractivity contribution in [2.45, 2.75) is 51.5 Å². The van der Waals surface area contributed by atoms with Crippen molar-refractivity contribution in [2.24, 2.45) is 0 Å². The number of carbonyl (C=O) groups excluding carboxylic acids is 2. The molecule has 1 aliphatic carbocycles. The van der Waals surface area contributed by atoms with Crippen molar-refractivity contribution in [3.8, 4) is 5.75 Å². The highest BCUT2D eigenvalue weighted by Crippen LogP contribution is 2.31. The van der Waals surface area contributed by atoms with Gasteiger partial charge in [-0.2, -0.15) is 0 Å². The third-order valence-electron chi connectivity index (χ3n) is 7.74. The Morgan fingerprint density at radius 3 is 2.23 bits per heavy atom. The molecule has 1 saturated carbocycles. The van der Waals surface area contributed by atoms with Gasteiger partial charge in [0.2, 0.25) is 0 Å². The molecule has 1 heterocycles. The lowest BCUT2D eigenvalue weighted by molar-refractivity contribution is 0.0950. The van der Waals surface area contributed by atoms with Crippen LogP contribution in [0.5, 0.6) is 5.75 Å². The zero-order valence-corrected chi connectivity index (χ0v) is 23.6. The predicted molar refractivity (Wildman–Crippen MR) is 162 cm³/mol. The van der Waals surface area contributed by atoms with Crippen molar-refractivity contribution >= 4 is 28.9 Å². The summed E-state index contributed by atoms with van der Waals surface area (Å²) in [5, 5.41) is 6.14. The summed E-state index contributed by atoms with van der Waals surface area (Å²) >= 11 is 0. The van der Waals surface area contributed by atoms with E-state index in [-0.39, 0.29) is 17.9 Å². The van der Waals surface area contributed by atoms with Crippen LogP contribution in [-0.4, -0.2) is 51.1 Å². The summed E-state index contributed by atoms with van der Waals surface area (Å²) in [6.45, 7) is 5.38. The molecule has 2 aliphatic rings. The molecule has 0 atom stereocenters. The van der Waals surface area contributed by atoms with Crippen LogP contribution in [-0.2, 0) is 6.42 Å². The molecule has 210 valence electrons. The number of ether oxygens (including phenoxy) is 1. The minimum atomic E-state index is -0.174. The molecule has 0 bridgehead atoms. The Balaban J connectivity index is 1.29. The number of methoxy groups -OCH3 is 1. The maximum atomic E-state index is 13.3. The number of para-hydroxylation sites is 2. The molecule has 3 aromatic rings. The van der Waals surface area contributed by atoms with Crippen LogP contribution in [0.1, 0.15) is 65.3 Å². The second-order valence-corrected chi connectivity index (χ2v) is 10.7. The number of hydrogen-bond acceptors (Lipinski definition) is 5. The average molecular weight is 541 g/mol. The molecular formula is C33H40N4O3. The SMILES string of the molecule is CCCCCc1ccc(C(=O)Nc2ccc(N3CCN(c4ccccc4OC)CC3)c(C(=O)NC3CC3)c2)cc1. The highest BCUT2D eigenvalue weighted by atomic mass is 16.5. The molecule has 7 nitrogen and oxygen atoms in total. The van der Waals surface area contributed by atoms with Crippen LogP contribution in [0.3, 0.4) is 0 Å². The van der Waals surface area contributed by atoms with Crippen LogP contribution in [0, 0.1) is 0 Å². The second kappa shape index (κ2) is 12.9. The number of benzene rings is 3. The van der Waals surface area contributed by atoms with Crippen molar-refractivity contribution in [3.05, 3.63) is 83.4 Å². The van der Waals surface area contributed by atoms with E-state index in [1.807, 2.05) is 60.7 Å². The molecule has 5 rings (SSSR count). The molecule has 1 saturated heterocycles. The van der Waals surface area contributed by atoms with Gasteiger partial charge in [0.25, 0.3) is 11.8 Å². The Kier molecular flexibility index (Phi) is 8.89. The van der Waals surface area contributed by atoms with Gasteiger partial charge in [0.15, 0.2) is 0 Å². The van der Waals surface area contributed by atoms with E-state index >= 15 is 0 Å². The van der Waals surface area contributed by atoms with Crippen molar-refractivity contribution in [1.82, 2.24) is 5.32 Å². The van der Waals surface area contributed by atoms with Crippen LogP contribution in [0.4, 0.5) is 17.1 Å². The van der Waals surface area contributed by atoms with Crippen LogP contribution in [0.25, 0.3) is 0 Å². The minimum Gasteiger partial charge on any atom is -0.495 e. The number of nitrogens with zero attached hydrogens (tertiary/aromatic N) is 2. The fourth-order valence-corrected chi connectivity index (χ4v) is 5.25. The van der Waals surface area contributed by atoms with Gasteiger partial charge < -0.3 is 25.2 Å². The molecule has 0 radical (unpaired) electrons. The standard InChI is InChI=1S/C33H40N4O3/c1-3-4-5-8-24-11-13-25(14-12-24)32(38)35-27-17-18-29(28(23-27)33(39)34-26-15-16-26)36-19-21-37(22-20-36)30-9-6-7-10-31(30)40-2/h6-7,9-14,17-18,23,26H,3-5,8,15-16,19-22H2,1-2H3,(H,34,39)(H,35,38). The summed E-state index contributed by atoms with van der Waals surface area (Å²) in [6, 6.07) is 21.8. The smallest absolute Gasteiger partial charge is 0.255 e. The number of unbranched alkanes of at least 4 members (excludes halogenated alkanes) is 2. The predicted octanol–water partition coefficient (Wildman–Crippen LogP) is 5.90. The van der Waals surface area contributed by atoms with E-state index in [2.05, 4.69) is 33.4 Å². The summed E-state index contributed by atoms with van der Waals surface area (Å²) in [7, 11) is 1.70. The van der Waals surface area contributed by atoms with Crippen LogP contribution < -0.4 is 25.2 Å². The zero-order chi connectivity index (χ0) is 27.9. The van der Waals surface area contributed by atoms with Crippen LogP contribution in [0.15, 0.2) is 66.7 Å². The Hall–Kier alpha value is -4.00. The lowest BCUT2D eigenvalue weighted by Crippen LogP contribution is -2.47. The summed E-state index contributed by atoms with van der Waals surface area (Å²) in [5.74, 6) is 0.607. The monoisotopic (exact) mass is 540 g/mol. The van der Waals surface area contributed by atoms with Crippen molar-refractivity contribution < 1.29 is 14.3 Å². The summed E-state index contributed by atoms with van der Waals surface area (Å²) in [5.41, 5.74) is 5.06.